The van der Waals surface area contributed by atoms with Crippen molar-refractivity contribution in [1.29, 1.82) is 0 Å². The van der Waals surface area contributed by atoms with Gasteiger partial charge in [0.2, 0.25) is 0 Å². The molecular weight excluding hydrogens is 276 g/mol. The van der Waals surface area contributed by atoms with Crippen molar-refractivity contribution < 1.29 is 0 Å². The largest absolute Gasteiger partial charge is 0.303 e. The molecule has 1 aromatic heterocycles. The van der Waals surface area contributed by atoms with Crippen molar-refractivity contribution in [3.8, 4) is 0 Å². The summed E-state index contributed by atoms with van der Waals surface area (Å²) < 4.78 is 0. The topological polar surface area (TPSA) is 24.9 Å². The van der Waals surface area contributed by atoms with Crippen LogP contribution >= 0.6 is 11.3 Å². The van der Waals surface area contributed by atoms with Crippen molar-refractivity contribution in [2.45, 2.75) is 90.6 Å². The molecule has 1 spiro atoms. The van der Waals surface area contributed by atoms with Gasteiger partial charge in [-0.05, 0) is 71.6 Å². The van der Waals surface area contributed by atoms with Gasteiger partial charge in [0.15, 0.2) is 0 Å². The molecule has 2 saturated carbocycles. The maximum Gasteiger partial charge on any atom is 0.113 e. The molecule has 0 radical (unpaired) electrons. The maximum absolute atomic E-state index is 4.93. The summed E-state index contributed by atoms with van der Waals surface area (Å²) in [4.78, 5) is 6.32. The minimum Gasteiger partial charge on any atom is -0.303 e. The van der Waals surface area contributed by atoms with E-state index in [1.807, 2.05) is 11.3 Å². The fourth-order valence-electron chi connectivity index (χ4n) is 4.48. The van der Waals surface area contributed by atoms with Crippen molar-refractivity contribution >= 4 is 11.3 Å². The third-order valence-electron chi connectivity index (χ3n) is 5.83. The molecule has 0 aliphatic heterocycles. The molecule has 0 aromatic carbocycles. The molecule has 0 bridgehead atoms. The van der Waals surface area contributed by atoms with E-state index in [2.05, 4.69) is 33.0 Å². The van der Waals surface area contributed by atoms with Gasteiger partial charge in [0, 0.05) is 10.9 Å². The molecule has 21 heavy (non-hydrogen) atoms. The van der Waals surface area contributed by atoms with Gasteiger partial charge in [-0.15, -0.1) is 11.3 Å². The molecule has 2 fully saturated rings. The molecule has 2 nitrogen and oxygen atoms in total. The fraction of sp³-hybridized carbons (Fsp3) is 0.833. The summed E-state index contributed by atoms with van der Waals surface area (Å²) in [5, 5.41) is 5.25. The number of aromatic nitrogens is 1. The second-order valence-corrected chi connectivity index (χ2v) is 8.95. The summed E-state index contributed by atoms with van der Waals surface area (Å²) in [6, 6.07) is 0.521. The number of nitrogens with zero attached hydrogens (tertiary/aromatic N) is 1. The molecule has 3 rings (SSSR count). The molecule has 1 heterocycles. The summed E-state index contributed by atoms with van der Waals surface area (Å²) in [5.74, 6) is 0. The Bertz CT molecular complexity index is 468. The van der Waals surface area contributed by atoms with Gasteiger partial charge in [-0.3, -0.25) is 0 Å². The Morgan fingerprint density at radius 2 is 1.62 bits per heavy atom. The van der Waals surface area contributed by atoms with Gasteiger partial charge in [0.1, 0.15) is 5.01 Å². The second-order valence-electron chi connectivity index (χ2n) is 7.75. The number of hydrogen-bond acceptors (Lipinski definition) is 3. The summed E-state index contributed by atoms with van der Waals surface area (Å²) in [7, 11) is 0. The number of nitrogens with one attached hydrogen (secondary N) is 1. The van der Waals surface area contributed by atoms with Gasteiger partial charge in [-0.2, -0.15) is 0 Å². The van der Waals surface area contributed by atoms with E-state index in [1.54, 1.807) is 0 Å². The highest BCUT2D eigenvalue weighted by molar-refractivity contribution is 7.11. The van der Waals surface area contributed by atoms with Gasteiger partial charge in [0.05, 0.1) is 11.2 Å². The zero-order valence-electron chi connectivity index (χ0n) is 14.1. The lowest BCUT2D eigenvalue weighted by atomic mass is 9.66. The molecule has 0 atom stereocenters. The molecule has 2 aliphatic rings. The van der Waals surface area contributed by atoms with Crippen LogP contribution in [0.15, 0.2) is 0 Å². The predicted molar refractivity (Wildman–Crippen MR) is 90.9 cm³/mol. The maximum atomic E-state index is 4.93. The third kappa shape index (κ3) is 2.92. The molecule has 1 aromatic rings. The van der Waals surface area contributed by atoms with Gasteiger partial charge >= 0.3 is 0 Å². The van der Waals surface area contributed by atoms with Crippen LogP contribution in [0.1, 0.15) is 80.8 Å². The molecule has 0 unspecified atom stereocenters. The first-order chi connectivity index (χ1) is 9.95. The standard InChI is InChI=1S/C18H30N2S/c1-13(2)20-18(16-19-14(3)15(4)21-16)11-9-17(10-12-18)7-5-6-8-17/h13,20H,5-12H2,1-4H3. The first-order valence-electron chi connectivity index (χ1n) is 8.67. The molecular formula is C18H30N2S. The Kier molecular flexibility index (Phi) is 4.17. The first kappa shape index (κ1) is 15.5. The Hall–Kier alpha value is -0.410. The van der Waals surface area contributed by atoms with E-state index in [4.69, 9.17) is 4.98 Å². The van der Waals surface area contributed by atoms with E-state index < -0.39 is 0 Å². The van der Waals surface area contributed by atoms with Crippen LogP contribution in [0.25, 0.3) is 0 Å². The molecule has 3 heteroatoms. The Labute approximate surface area is 133 Å². The van der Waals surface area contributed by atoms with Gasteiger partial charge in [0.25, 0.3) is 0 Å². The van der Waals surface area contributed by atoms with E-state index in [0.717, 1.165) is 0 Å². The lowest BCUT2D eigenvalue weighted by Crippen LogP contribution is -2.49. The second kappa shape index (κ2) is 5.66. The van der Waals surface area contributed by atoms with Crippen molar-refractivity contribution in [2.75, 3.05) is 0 Å². The monoisotopic (exact) mass is 306 g/mol. The van der Waals surface area contributed by atoms with Gasteiger partial charge in [-0.25, -0.2) is 4.98 Å². The summed E-state index contributed by atoms with van der Waals surface area (Å²) in [6.07, 6.45) is 11.2. The SMILES string of the molecule is Cc1nc(C2(NC(C)C)CCC3(CCCC3)CC2)sc1C. The zero-order valence-corrected chi connectivity index (χ0v) is 14.9. The quantitative estimate of drug-likeness (QED) is 0.841. The summed E-state index contributed by atoms with van der Waals surface area (Å²) >= 11 is 1.92. The summed E-state index contributed by atoms with van der Waals surface area (Å²) in [5.41, 5.74) is 2.05. The van der Waals surface area contributed by atoms with Crippen LogP contribution in [-0.2, 0) is 5.54 Å². The van der Waals surface area contributed by atoms with Crippen LogP contribution in [0.4, 0.5) is 0 Å². The highest BCUT2D eigenvalue weighted by Gasteiger charge is 2.46. The Morgan fingerprint density at radius 3 is 2.10 bits per heavy atom. The highest BCUT2D eigenvalue weighted by atomic mass is 32.1. The van der Waals surface area contributed by atoms with Crippen LogP contribution in [0.5, 0.6) is 0 Å². The molecule has 118 valence electrons. The molecule has 0 amide bonds. The van der Waals surface area contributed by atoms with E-state index in [9.17, 15) is 0 Å². The molecule has 0 saturated heterocycles. The lowest BCUT2D eigenvalue weighted by Gasteiger charge is -2.45. The van der Waals surface area contributed by atoms with Crippen LogP contribution in [0.3, 0.4) is 0 Å². The van der Waals surface area contributed by atoms with Crippen molar-refractivity contribution in [2.24, 2.45) is 5.41 Å². The van der Waals surface area contributed by atoms with E-state index >= 15 is 0 Å². The molecule has 2 aliphatic carbocycles. The lowest BCUT2D eigenvalue weighted by molar-refractivity contribution is 0.103. The van der Waals surface area contributed by atoms with Crippen LogP contribution in [-0.4, -0.2) is 11.0 Å². The number of hydrogen-bond donors (Lipinski definition) is 1. The highest BCUT2D eigenvalue weighted by Crippen LogP contribution is 2.54. The average Bonchev–Trinajstić information content (AvgIpc) is 3.02. The average molecular weight is 307 g/mol. The van der Waals surface area contributed by atoms with Crippen molar-refractivity contribution in [1.82, 2.24) is 10.3 Å². The summed E-state index contributed by atoms with van der Waals surface area (Å²) in [6.45, 7) is 8.91. The Morgan fingerprint density at radius 1 is 1.00 bits per heavy atom. The van der Waals surface area contributed by atoms with Crippen LogP contribution in [0, 0.1) is 19.3 Å². The van der Waals surface area contributed by atoms with Crippen molar-refractivity contribution in [3.05, 3.63) is 15.6 Å². The number of thiazole rings is 1. The van der Waals surface area contributed by atoms with Gasteiger partial charge in [-0.1, -0.05) is 12.8 Å². The Balaban J connectivity index is 1.85. The molecule has 1 N–H and O–H groups in total. The minimum absolute atomic E-state index is 0.145. The van der Waals surface area contributed by atoms with Crippen LogP contribution in [0.2, 0.25) is 0 Å². The van der Waals surface area contributed by atoms with Gasteiger partial charge < -0.3 is 5.32 Å². The minimum atomic E-state index is 0.145. The fourth-order valence-corrected chi connectivity index (χ4v) is 5.61. The normalized spacial score (nSPS) is 24.0. The van der Waals surface area contributed by atoms with E-state index in [1.165, 1.54) is 66.9 Å². The number of aryl methyl sites for hydroxylation is 2. The smallest absolute Gasteiger partial charge is 0.113 e. The third-order valence-corrected chi connectivity index (χ3v) is 7.11. The first-order valence-corrected chi connectivity index (χ1v) is 9.49. The zero-order chi connectivity index (χ0) is 15.1. The van der Waals surface area contributed by atoms with Crippen LogP contribution < -0.4 is 5.32 Å². The van der Waals surface area contributed by atoms with E-state index in [0.29, 0.717) is 11.5 Å². The van der Waals surface area contributed by atoms with Crippen molar-refractivity contribution in [3.63, 3.8) is 0 Å². The predicted octanol–water partition coefficient (Wildman–Crippen LogP) is 5.09. The number of rotatable bonds is 3. The van der Waals surface area contributed by atoms with E-state index in [-0.39, 0.29) is 5.54 Å².